The first-order chi connectivity index (χ1) is 16.7. The maximum Gasteiger partial charge on any atom is 0.303 e. The molecule has 0 bridgehead atoms. The number of carbonyl (C=O) groups excluding carboxylic acids is 1. The number of aryl methyl sites for hydroxylation is 2. The molecule has 1 aromatic heterocycles. The van der Waals surface area contributed by atoms with Gasteiger partial charge in [0.2, 0.25) is 0 Å². The molecule has 3 aromatic rings. The second kappa shape index (κ2) is 12.2. The van der Waals surface area contributed by atoms with Crippen LogP contribution in [0.1, 0.15) is 73.2 Å². The van der Waals surface area contributed by atoms with E-state index in [4.69, 9.17) is 21.4 Å². The van der Waals surface area contributed by atoms with Crippen molar-refractivity contribution in [2.24, 2.45) is 13.0 Å². The number of para-hydroxylation sites is 1. The number of aliphatic carboxylic acids is 1. The summed E-state index contributed by atoms with van der Waals surface area (Å²) in [4.78, 5) is 24.4. The van der Waals surface area contributed by atoms with Crippen LogP contribution < -0.4 is 4.74 Å². The lowest BCUT2D eigenvalue weighted by Gasteiger charge is -2.16. The maximum absolute atomic E-state index is 13.3. The van der Waals surface area contributed by atoms with E-state index in [9.17, 15) is 14.7 Å². The summed E-state index contributed by atoms with van der Waals surface area (Å²) in [6, 6.07) is 13.3. The van der Waals surface area contributed by atoms with E-state index in [1.165, 1.54) is 5.56 Å². The molecule has 0 aliphatic rings. The van der Waals surface area contributed by atoms with Gasteiger partial charge in [0.15, 0.2) is 5.78 Å². The third-order valence-electron chi connectivity index (χ3n) is 6.47. The van der Waals surface area contributed by atoms with E-state index in [0.29, 0.717) is 28.1 Å². The number of methoxy groups -OCH3 is 1. The third kappa shape index (κ3) is 6.65. The number of rotatable bonds is 13. The van der Waals surface area contributed by atoms with Gasteiger partial charge in [0.05, 0.1) is 18.9 Å². The molecule has 0 spiro atoms. The van der Waals surface area contributed by atoms with Crippen molar-refractivity contribution in [1.82, 2.24) is 4.57 Å². The number of halogens is 1. The fourth-order valence-corrected chi connectivity index (χ4v) is 4.96. The predicted octanol–water partition coefficient (Wildman–Crippen LogP) is 6.36. The van der Waals surface area contributed by atoms with Gasteiger partial charge < -0.3 is 19.5 Å². The Morgan fingerprint density at radius 2 is 1.83 bits per heavy atom. The SMILES string of the molecule is COc1ccccc1CCCCCC(O)c1c(C(=O)C[C@H](C)CC(=O)O)c2cc(Cl)ccc2n1C. The molecule has 2 atom stereocenters. The maximum atomic E-state index is 13.3. The van der Waals surface area contributed by atoms with Gasteiger partial charge in [0.25, 0.3) is 0 Å². The monoisotopic (exact) mass is 499 g/mol. The van der Waals surface area contributed by atoms with Crippen LogP contribution in [0.2, 0.25) is 5.02 Å². The smallest absolute Gasteiger partial charge is 0.303 e. The van der Waals surface area contributed by atoms with Gasteiger partial charge in [-0.2, -0.15) is 0 Å². The number of benzene rings is 2. The van der Waals surface area contributed by atoms with Crippen LogP contribution in [0.15, 0.2) is 42.5 Å². The van der Waals surface area contributed by atoms with Gasteiger partial charge in [-0.3, -0.25) is 9.59 Å². The fraction of sp³-hybridized carbons (Fsp3) is 0.429. The number of carbonyl (C=O) groups is 2. The molecule has 6 nitrogen and oxygen atoms in total. The van der Waals surface area contributed by atoms with Crippen LogP contribution in [0.25, 0.3) is 10.9 Å². The van der Waals surface area contributed by atoms with Crippen LogP contribution in [0.5, 0.6) is 5.75 Å². The van der Waals surface area contributed by atoms with Gasteiger partial charge in [-0.1, -0.05) is 49.6 Å². The first kappa shape index (κ1) is 26.8. The Morgan fingerprint density at radius 3 is 2.54 bits per heavy atom. The van der Waals surface area contributed by atoms with Gasteiger partial charge in [-0.25, -0.2) is 0 Å². The quantitative estimate of drug-likeness (QED) is 0.211. The lowest BCUT2D eigenvalue weighted by atomic mass is 9.93. The summed E-state index contributed by atoms with van der Waals surface area (Å²) in [5, 5.41) is 21.4. The lowest BCUT2D eigenvalue weighted by molar-refractivity contribution is -0.137. The van der Waals surface area contributed by atoms with Crippen LogP contribution in [-0.2, 0) is 18.3 Å². The normalized spacial score (nSPS) is 13.1. The summed E-state index contributed by atoms with van der Waals surface area (Å²) in [5.41, 5.74) is 3.00. The minimum absolute atomic E-state index is 0.0820. The first-order valence-electron chi connectivity index (χ1n) is 12.1. The molecule has 0 saturated carbocycles. The van der Waals surface area contributed by atoms with Crippen molar-refractivity contribution in [2.45, 2.75) is 58.0 Å². The van der Waals surface area contributed by atoms with Crippen molar-refractivity contribution in [2.75, 3.05) is 7.11 Å². The molecule has 0 aliphatic carbocycles. The Bertz CT molecular complexity index is 1190. The molecule has 2 aromatic carbocycles. The number of hydrogen-bond acceptors (Lipinski definition) is 4. The van der Waals surface area contributed by atoms with Crippen molar-refractivity contribution in [3.63, 3.8) is 0 Å². The number of aromatic nitrogens is 1. The van der Waals surface area contributed by atoms with E-state index < -0.39 is 12.1 Å². The Hall–Kier alpha value is -2.83. The summed E-state index contributed by atoms with van der Waals surface area (Å²) in [6.07, 6.45) is 3.33. The molecule has 1 heterocycles. The van der Waals surface area contributed by atoms with E-state index in [1.54, 1.807) is 26.2 Å². The van der Waals surface area contributed by atoms with Crippen LogP contribution in [0.4, 0.5) is 0 Å². The van der Waals surface area contributed by atoms with Gasteiger partial charge in [-0.15, -0.1) is 0 Å². The second-order valence-electron chi connectivity index (χ2n) is 9.24. The third-order valence-corrected chi connectivity index (χ3v) is 6.71. The van der Waals surface area contributed by atoms with Crippen LogP contribution in [-0.4, -0.2) is 33.6 Å². The van der Waals surface area contributed by atoms with Crippen LogP contribution in [0.3, 0.4) is 0 Å². The number of unbranched alkanes of at least 4 members (excludes halogenated alkanes) is 2. The van der Waals surface area contributed by atoms with Gasteiger partial charge in [0, 0.05) is 41.4 Å². The molecular formula is C28H34ClNO5. The van der Waals surface area contributed by atoms with Crippen molar-refractivity contribution in [1.29, 1.82) is 0 Å². The number of carboxylic acids is 1. The number of hydrogen-bond donors (Lipinski definition) is 2. The molecule has 0 aliphatic heterocycles. The first-order valence-corrected chi connectivity index (χ1v) is 12.4. The fourth-order valence-electron chi connectivity index (χ4n) is 4.78. The average Bonchev–Trinajstić information content (AvgIpc) is 3.10. The molecule has 0 fully saturated rings. The molecule has 0 amide bonds. The minimum Gasteiger partial charge on any atom is -0.496 e. The summed E-state index contributed by atoms with van der Waals surface area (Å²) in [5.74, 6) is -0.520. The Morgan fingerprint density at radius 1 is 1.09 bits per heavy atom. The Kier molecular flexibility index (Phi) is 9.35. The standard InChI is InChI=1S/C28H34ClNO5/c1-18(16-26(33)34)15-24(32)27-21-17-20(29)13-14-22(21)30(2)28(27)23(31)11-6-4-5-9-19-10-7-8-12-25(19)35-3/h7-8,10,12-14,17-18,23,31H,4-6,9,11,15-16H2,1-3H3,(H,33,34)/t18-,23?/m0/s1. The number of nitrogens with zero attached hydrogens (tertiary/aromatic N) is 1. The number of ether oxygens (including phenoxy) is 1. The molecule has 188 valence electrons. The topological polar surface area (TPSA) is 88.8 Å². The highest BCUT2D eigenvalue weighted by atomic mass is 35.5. The molecule has 0 saturated heterocycles. The number of fused-ring (bicyclic) bond motifs is 1. The highest BCUT2D eigenvalue weighted by Crippen LogP contribution is 2.35. The number of aliphatic hydroxyl groups is 1. The minimum atomic E-state index is -0.931. The predicted molar refractivity (Wildman–Crippen MR) is 138 cm³/mol. The summed E-state index contributed by atoms with van der Waals surface area (Å²) in [6.45, 7) is 1.75. The average molecular weight is 500 g/mol. The van der Waals surface area contributed by atoms with Gasteiger partial charge >= 0.3 is 5.97 Å². The van der Waals surface area contributed by atoms with Crippen molar-refractivity contribution < 1.29 is 24.5 Å². The number of Topliss-reactive ketones (excluding diaryl/α,β-unsaturated/α-hetero) is 1. The summed E-state index contributed by atoms with van der Waals surface area (Å²) >= 11 is 6.23. The van der Waals surface area contributed by atoms with Crippen LogP contribution in [0, 0.1) is 5.92 Å². The van der Waals surface area contributed by atoms with E-state index in [2.05, 4.69) is 6.07 Å². The number of ketones is 1. The van der Waals surface area contributed by atoms with Gasteiger partial charge in [-0.05, 0) is 55.0 Å². The lowest BCUT2D eigenvalue weighted by Crippen LogP contribution is -2.14. The molecule has 35 heavy (non-hydrogen) atoms. The molecule has 1 unspecified atom stereocenters. The number of carboxylic acid groups (broad SMARTS) is 1. The zero-order valence-electron chi connectivity index (χ0n) is 20.6. The second-order valence-corrected chi connectivity index (χ2v) is 9.67. The summed E-state index contributed by atoms with van der Waals surface area (Å²) in [7, 11) is 3.52. The largest absolute Gasteiger partial charge is 0.496 e. The highest BCUT2D eigenvalue weighted by molar-refractivity contribution is 6.31. The van der Waals surface area contributed by atoms with E-state index in [-0.39, 0.29) is 24.5 Å². The molecule has 0 radical (unpaired) electrons. The zero-order chi connectivity index (χ0) is 25.5. The van der Waals surface area contributed by atoms with Crippen molar-refractivity contribution >= 4 is 34.3 Å². The Labute approximate surface area is 211 Å². The summed E-state index contributed by atoms with van der Waals surface area (Å²) < 4.78 is 7.28. The van der Waals surface area contributed by atoms with E-state index >= 15 is 0 Å². The van der Waals surface area contributed by atoms with Crippen molar-refractivity contribution in [3.05, 3.63) is 64.3 Å². The number of aliphatic hydroxyl groups excluding tert-OH is 1. The van der Waals surface area contributed by atoms with E-state index in [0.717, 1.165) is 36.9 Å². The molecule has 7 heteroatoms. The van der Waals surface area contributed by atoms with Crippen LogP contribution >= 0.6 is 11.6 Å². The highest BCUT2D eigenvalue weighted by Gasteiger charge is 2.27. The van der Waals surface area contributed by atoms with E-state index in [1.807, 2.05) is 35.9 Å². The Balaban J connectivity index is 1.74. The van der Waals surface area contributed by atoms with Crippen molar-refractivity contribution in [3.8, 4) is 5.75 Å². The molecule has 3 rings (SSSR count). The molecular weight excluding hydrogens is 466 g/mol. The van der Waals surface area contributed by atoms with Gasteiger partial charge in [0.1, 0.15) is 5.75 Å². The zero-order valence-corrected chi connectivity index (χ0v) is 21.3. The molecule has 2 N–H and O–H groups in total.